The monoisotopic (exact) mass is 198 g/mol. The van der Waals surface area contributed by atoms with Crippen LogP contribution in [0.25, 0.3) is 0 Å². The van der Waals surface area contributed by atoms with Gasteiger partial charge in [-0.2, -0.15) is 35.4 Å². The molecule has 0 atom stereocenters. The minimum atomic E-state index is 1.24. The van der Waals surface area contributed by atoms with Gasteiger partial charge in [-0.15, -0.1) is 0 Å². The molecule has 80 valence electrons. The minimum absolute atomic E-state index is 1.24. The topological polar surface area (TPSA) is 0 Å². The molecule has 0 spiro atoms. The van der Waals surface area contributed by atoms with Crippen molar-refractivity contribution in [3.8, 4) is 0 Å². The van der Waals surface area contributed by atoms with Gasteiger partial charge in [0, 0.05) is 0 Å². The van der Waals surface area contributed by atoms with Crippen LogP contribution in [0.2, 0.25) is 0 Å². The largest absolute Gasteiger partial charge is 0.213 e. The lowest BCUT2D eigenvalue weighted by Gasteiger charge is -2.04. The van der Waals surface area contributed by atoms with Crippen LogP contribution < -0.4 is 0 Å². The van der Waals surface area contributed by atoms with Gasteiger partial charge >= 0.3 is 0 Å². The van der Waals surface area contributed by atoms with Gasteiger partial charge in [0.2, 0.25) is 0 Å². The Morgan fingerprint density at radius 1 is 0.733 bits per heavy atom. The molecule has 2 aromatic rings. The summed E-state index contributed by atoms with van der Waals surface area (Å²) in [6.07, 6.45) is 6.48. The Bertz CT molecular complexity index is 301. The van der Waals surface area contributed by atoms with Crippen molar-refractivity contribution >= 4 is 0 Å². The van der Waals surface area contributed by atoms with Gasteiger partial charge in [-0.25, -0.2) is 24.3 Å². The van der Waals surface area contributed by atoms with Gasteiger partial charge in [0.15, 0.2) is 0 Å². The molecule has 0 nitrogen and oxygen atoms in total. The Labute approximate surface area is 92.3 Å². The van der Waals surface area contributed by atoms with Crippen molar-refractivity contribution in [3.63, 3.8) is 0 Å². The quantitative estimate of drug-likeness (QED) is 0.484. The zero-order chi connectivity index (χ0) is 10.3. The van der Waals surface area contributed by atoms with E-state index in [0.29, 0.717) is 0 Å². The number of hydrogen-bond donors (Lipinski definition) is 0. The van der Waals surface area contributed by atoms with Crippen LogP contribution >= 0.6 is 0 Å². The minimum Gasteiger partial charge on any atom is -0.213 e. The van der Waals surface area contributed by atoms with Crippen LogP contribution in [0.3, 0.4) is 0 Å². The highest BCUT2D eigenvalue weighted by atomic mass is 14.0. The molecule has 2 aromatic carbocycles. The maximum absolute atomic E-state index is 2.22. The molecule has 0 unspecified atom stereocenters. The number of rotatable bonds is 6. The Kier molecular flexibility index (Phi) is 3.78. The highest BCUT2D eigenvalue weighted by molar-refractivity contribution is 5.17. The summed E-state index contributed by atoms with van der Waals surface area (Å²) < 4.78 is 0. The van der Waals surface area contributed by atoms with Crippen molar-refractivity contribution in [3.05, 3.63) is 59.7 Å². The molecule has 0 amide bonds. The van der Waals surface area contributed by atoms with Gasteiger partial charge in [0.25, 0.3) is 0 Å². The Balaban J connectivity index is 1.56. The van der Waals surface area contributed by atoms with Gasteiger partial charge in [0.05, 0.1) is 0 Å². The molecule has 0 aliphatic carbocycles. The van der Waals surface area contributed by atoms with Crippen molar-refractivity contribution in [2.45, 2.75) is 32.1 Å². The molecule has 0 aliphatic rings. The van der Waals surface area contributed by atoms with E-state index in [4.69, 9.17) is 0 Å². The predicted octanol–water partition coefficient (Wildman–Crippen LogP) is 4.08. The number of aryl methyl sites for hydroxylation is 2. The first-order valence-corrected chi connectivity index (χ1v) is 5.86. The SMILES string of the molecule is c1c[cH-]c(CCCCCc2ccc[cH-]2)c1. The highest BCUT2D eigenvalue weighted by Gasteiger charge is 1.90. The zero-order valence-electron chi connectivity index (χ0n) is 9.15. The second kappa shape index (κ2) is 5.55. The summed E-state index contributed by atoms with van der Waals surface area (Å²) in [4.78, 5) is 0. The fourth-order valence-electron chi connectivity index (χ4n) is 2.00. The third kappa shape index (κ3) is 3.39. The first-order valence-electron chi connectivity index (χ1n) is 5.86. The molecule has 0 aromatic heterocycles. The molecule has 0 heterocycles. The van der Waals surface area contributed by atoms with Crippen LogP contribution in [0, 0.1) is 0 Å². The Morgan fingerprint density at radius 2 is 1.27 bits per heavy atom. The summed E-state index contributed by atoms with van der Waals surface area (Å²) in [5, 5.41) is 0. The standard InChI is InChI=1S/C15H18/c1(2-8-14-10-4-5-11-14)3-9-15-12-6-7-13-15/h4-7,10-13H,1-3,8-9H2/q-2. The molecule has 0 saturated carbocycles. The zero-order valence-corrected chi connectivity index (χ0v) is 9.15. The molecule has 0 bridgehead atoms. The number of hydrogen-bond acceptors (Lipinski definition) is 0. The Hall–Kier alpha value is -1.30. The first-order chi connectivity index (χ1) is 7.45. The van der Waals surface area contributed by atoms with Crippen LogP contribution in [0.1, 0.15) is 30.4 Å². The van der Waals surface area contributed by atoms with Crippen LogP contribution in [0.15, 0.2) is 48.5 Å². The van der Waals surface area contributed by atoms with Crippen molar-refractivity contribution in [2.24, 2.45) is 0 Å². The lowest BCUT2D eigenvalue weighted by atomic mass is 10.1. The number of unbranched alkanes of at least 4 members (excludes halogenated alkanes) is 2. The molecule has 0 radical (unpaired) electrons. The lowest BCUT2D eigenvalue weighted by molar-refractivity contribution is 0.679. The molecule has 0 fully saturated rings. The average Bonchev–Trinajstić information content (AvgIpc) is 2.88. The summed E-state index contributed by atoms with van der Waals surface area (Å²) in [5.41, 5.74) is 2.98. The fraction of sp³-hybridized carbons (Fsp3) is 0.333. The summed E-state index contributed by atoms with van der Waals surface area (Å²) in [7, 11) is 0. The smallest absolute Gasteiger partial charge is 0.0513 e. The van der Waals surface area contributed by atoms with E-state index in [0.717, 1.165) is 0 Å². The van der Waals surface area contributed by atoms with E-state index in [1.54, 1.807) is 0 Å². The van der Waals surface area contributed by atoms with Gasteiger partial charge in [-0.05, 0) is 0 Å². The van der Waals surface area contributed by atoms with E-state index in [1.807, 2.05) is 0 Å². The maximum Gasteiger partial charge on any atom is -0.0513 e. The van der Waals surface area contributed by atoms with E-state index in [9.17, 15) is 0 Å². The molecule has 15 heavy (non-hydrogen) atoms. The van der Waals surface area contributed by atoms with Crippen LogP contribution in [0.4, 0.5) is 0 Å². The first kappa shape index (κ1) is 10.2. The average molecular weight is 198 g/mol. The van der Waals surface area contributed by atoms with E-state index in [1.165, 1.54) is 43.2 Å². The van der Waals surface area contributed by atoms with Gasteiger partial charge in [0.1, 0.15) is 0 Å². The molecular formula is C15H18-2. The predicted molar refractivity (Wildman–Crippen MR) is 65.3 cm³/mol. The third-order valence-corrected chi connectivity index (χ3v) is 2.89. The van der Waals surface area contributed by atoms with Crippen molar-refractivity contribution in [2.75, 3.05) is 0 Å². The second-order valence-electron chi connectivity index (χ2n) is 4.15. The van der Waals surface area contributed by atoms with E-state index in [-0.39, 0.29) is 0 Å². The van der Waals surface area contributed by atoms with Gasteiger partial charge in [-0.3, -0.25) is 0 Å². The lowest BCUT2D eigenvalue weighted by Crippen LogP contribution is -1.86. The second-order valence-corrected chi connectivity index (χ2v) is 4.15. The molecule has 0 heteroatoms. The molecular weight excluding hydrogens is 180 g/mol. The van der Waals surface area contributed by atoms with Crippen molar-refractivity contribution < 1.29 is 0 Å². The Morgan fingerprint density at radius 3 is 1.67 bits per heavy atom. The molecule has 2 rings (SSSR count). The summed E-state index contributed by atoms with van der Waals surface area (Å²) >= 11 is 0. The van der Waals surface area contributed by atoms with E-state index < -0.39 is 0 Å². The summed E-state index contributed by atoms with van der Waals surface area (Å²) in [6.45, 7) is 0. The van der Waals surface area contributed by atoms with E-state index >= 15 is 0 Å². The van der Waals surface area contributed by atoms with Crippen LogP contribution in [-0.2, 0) is 12.8 Å². The molecule has 0 aliphatic heterocycles. The van der Waals surface area contributed by atoms with E-state index in [2.05, 4.69) is 48.5 Å². The van der Waals surface area contributed by atoms with Crippen LogP contribution in [0.5, 0.6) is 0 Å². The third-order valence-electron chi connectivity index (χ3n) is 2.89. The van der Waals surface area contributed by atoms with Crippen LogP contribution in [-0.4, -0.2) is 0 Å². The van der Waals surface area contributed by atoms with Crippen molar-refractivity contribution in [1.82, 2.24) is 0 Å². The molecule has 0 N–H and O–H groups in total. The summed E-state index contributed by atoms with van der Waals surface area (Å²) in [5.74, 6) is 0. The fourth-order valence-corrected chi connectivity index (χ4v) is 2.00. The van der Waals surface area contributed by atoms with Gasteiger partial charge in [-0.1, -0.05) is 32.1 Å². The normalized spacial score (nSPS) is 10.7. The highest BCUT2D eigenvalue weighted by Crippen LogP contribution is 2.10. The van der Waals surface area contributed by atoms with Crippen molar-refractivity contribution in [1.29, 1.82) is 0 Å². The van der Waals surface area contributed by atoms with Gasteiger partial charge < -0.3 is 0 Å². The summed E-state index contributed by atoms with van der Waals surface area (Å²) in [6, 6.07) is 17.4. The maximum atomic E-state index is 2.22. The molecule has 0 saturated heterocycles.